The van der Waals surface area contributed by atoms with E-state index < -0.39 is 0 Å². The maximum absolute atomic E-state index is 5.62. The predicted octanol–water partition coefficient (Wildman–Crippen LogP) is 2.15. The van der Waals surface area contributed by atoms with Crippen LogP contribution in [0.4, 0.5) is 0 Å². The standard InChI is InChI=1S/C10H22N2S/c1-3-5-8(2)10(12-11)9-6-4-7-13-9/h8-10,12H,3-7,11H2,1-2H3. The second-order valence-electron chi connectivity index (χ2n) is 4.01. The Morgan fingerprint density at radius 1 is 1.62 bits per heavy atom. The number of rotatable bonds is 5. The number of nitrogens with two attached hydrogens (primary N) is 1. The SMILES string of the molecule is CCCC(C)C(NN)C1CCCS1. The van der Waals surface area contributed by atoms with Crippen molar-refractivity contribution in [1.82, 2.24) is 5.43 Å². The van der Waals surface area contributed by atoms with E-state index in [1.165, 1.54) is 31.4 Å². The van der Waals surface area contributed by atoms with E-state index in [9.17, 15) is 0 Å². The van der Waals surface area contributed by atoms with Crippen molar-refractivity contribution in [2.75, 3.05) is 5.75 Å². The molecule has 0 bridgehead atoms. The molecule has 1 aliphatic heterocycles. The molecular formula is C10H22N2S. The highest BCUT2D eigenvalue weighted by Crippen LogP contribution is 2.32. The van der Waals surface area contributed by atoms with Gasteiger partial charge in [0, 0.05) is 11.3 Å². The van der Waals surface area contributed by atoms with Gasteiger partial charge in [0.1, 0.15) is 0 Å². The van der Waals surface area contributed by atoms with Crippen LogP contribution in [0.25, 0.3) is 0 Å². The fourth-order valence-corrected chi connectivity index (χ4v) is 3.68. The monoisotopic (exact) mass is 202 g/mol. The summed E-state index contributed by atoms with van der Waals surface area (Å²) in [4.78, 5) is 0. The molecule has 1 saturated heterocycles. The first-order valence-electron chi connectivity index (χ1n) is 5.37. The number of hydrazine groups is 1. The Labute approximate surface area is 86.0 Å². The summed E-state index contributed by atoms with van der Waals surface area (Å²) in [6.07, 6.45) is 5.25. The zero-order chi connectivity index (χ0) is 9.68. The Kier molecular flexibility index (Phi) is 5.14. The number of hydrogen-bond donors (Lipinski definition) is 2. The van der Waals surface area contributed by atoms with Gasteiger partial charge < -0.3 is 0 Å². The van der Waals surface area contributed by atoms with Crippen molar-refractivity contribution in [1.29, 1.82) is 0 Å². The van der Waals surface area contributed by atoms with E-state index in [4.69, 9.17) is 5.84 Å². The lowest BCUT2D eigenvalue weighted by molar-refractivity contribution is 0.346. The second-order valence-corrected chi connectivity index (χ2v) is 5.36. The fraction of sp³-hybridized carbons (Fsp3) is 1.00. The molecule has 1 fully saturated rings. The Morgan fingerprint density at radius 3 is 2.85 bits per heavy atom. The van der Waals surface area contributed by atoms with Crippen LogP contribution in [0.15, 0.2) is 0 Å². The molecule has 3 atom stereocenters. The van der Waals surface area contributed by atoms with E-state index in [0.29, 0.717) is 12.0 Å². The molecule has 3 heteroatoms. The number of thioether (sulfide) groups is 1. The summed E-state index contributed by atoms with van der Waals surface area (Å²) >= 11 is 2.09. The molecule has 0 amide bonds. The lowest BCUT2D eigenvalue weighted by Gasteiger charge is -2.27. The van der Waals surface area contributed by atoms with Gasteiger partial charge in [-0.2, -0.15) is 11.8 Å². The molecule has 0 spiro atoms. The van der Waals surface area contributed by atoms with Crippen LogP contribution in [0.2, 0.25) is 0 Å². The summed E-state index contributed by atoms with van der Waals surface area (Å²) in [6.45, 7) is 4.55. The minimum Gasteiger partial charge on any atom is -0.271 e. The van der Waals surface area contributed by atoms with Gasteiger partial charge in [0.05, 0.1) is 0 Å². The first kappa shape index (κ1) is 11.3. The zero-order valence-corrected chi connectivity index (χ0v) is 9.57. The maximum Gasteiger partial charge on any atom is 0.0354 e. The minimum absolute atomic E-state index is 0.521. The highest BCUT2D eigenvalue weighted by atomic mass is 32.2. The normalized spacial score (nSPS) is 27.5. The van der Waals surface area contributed by atoms with Gasteiger partial charge in [-0.25, -0.2) is 0 Å². The summed E-state index contributed by atoms with van der Waals surface area (Å²) in [5, 5.41) is 0.756. The first-order chi connectivity index (χ1) is 6.29. The predicted molar refractivity (Wildman–Crippen MR) is 60.7 cm³/mol. The van der Waals surface area contributed by atoms with Crippen LogP contribution in [-0.4, -0.2) is 17.0 Å². The van der Waals surface area contributed by atoms with Crippen LogP contribution in [0.5, 0.6) is 0 Å². The molecule has 0 aliphatic carbocycles. The third kappa shape index (κ3) is 3.15. The Morgan fingerprint density at radius 2 is 2.38 bits per heavy atom. The van der Waals surface area contributed by atoms with Gasteiger partial charge in [0.15, 0.2) is 0 Å². The molecule has 78 valence electrons. The van der Waals surface area contributed by atoms with Crippen molar-refractivity contribution in [2.45, 2.75) is 50.8 Å². The van der Waals surface area contributed by atoms with Crippen molar-refractivity contribution in [3.8, 4) is 0 Å². The molecule has 1 rings (SSSR count). The minimum atomic E-state index is 0.521. The zero-order valence-electron chi connectivity index (χ0n) is 8.75. The molecule has 1 aliphatic rings. The molecule has 0 aromatic rings. The van der Waals surface area contributed by atoms with E-state index in [1.807, 2.05) is 0 Å². The number of nitrogens with one attached hydrogen (secondary N) is 1. The summed E-state index contributed by atoms with van der Waals surface area (Å²) in [5.74, 6) is 7.66. The Balaban J connectivity index is 2.39. The van der Waals surface area contributed by atoms with Crippen LogP contribution in [0, 0.1) is 5.92 Å². The van der Waals surface area contributed by atoms with Crippen molar-refractivity contribution in [2.24, 2.45) is 11.8 Å². The average Bonchev–Trinajstić information content (AvgIpc) is 2.59. The summed E-state index contributed by atoms with van der Waals surface area (Å²) < 4.78 is 0. The maximum atomic E-state index is 5.62. The molecule has 0 radical (unpaired) electrons. The van der Waals surface area contributed by atoms with E-state index in [-0.39, 0.29) is 0 Å². The van der Waals surface area contributed by atoms with E-state index in [0.717, 1.165) is 5.25 Å². The molecule has 2 nitrogen and oxygen atoms in total. The van der Waals surface area contributed by atoms with Gasteiger partial charge in [-0.05, 0) is 30.9 Å². The molecule has 0 aromatic heterocycles. The van der Waals surface area contributed by atoms with Gasteiger partial charge in [-0.1, -0.05) is 20.3 Å². The van der Waals surface area contributed by atoms with Crippen molar-refractivity contribution in [3.05, 3.63) is 0 Å². The fourth-order valence-electron chi connectivity index (χ4n) is 2.16. The summed E-state index contributed by atoms with van der Waals surface area (Å²) in [5.41, 5.74) is 3.01. The average molecular weight is 202 g/mol. The lowest BCUT2D eigenvalue weighted by Crippen LogP contribution is -2.46. The lowest BCUT2D eigenvalue weighted by atomic mass is 9.93. The van der Waals surface area contributed by atoms with Gasteiger partial charge in [0.2, 0.25) is 0 Å². The molecular weight excluding hydrogens is 180 g/mol. The van der Waals surface area contributed by atoms with E-state index in [2.05, 4.69) is 31.0 Å². The Hall–Kier alpha value is 0.270. The summed E-state index contributed by atoms with van der Waals surface area (Å²) in [7, 11) is 0. The van der Waals surface area contributed by atoms with Gasteiger partial charge in [-0.15, -0.1) is 0 Å². The van der Waals surface area contributed by atoms with Crippen molar-refractivity contribution >= 4 is 11.8 Å². The third-order valence-corrected chi connectivity index (χ3v) is 4.40. The van der Waals surface area contributed by atoms with Gasteiger partial charge in [0.25, 0.3) is 0 Å². The topological polar surface area (TPSA) is 38.0 Å². The van der Waals surface area contributed by atoms with Crippen LogP contribution >= 0.6 is 11.8 Å². The van der Waals surface area contributed by atoms with Gasteiger partial charge in [-0.3, -0.25) is 11.3 Å². The smallest absolute Gasteiger partial charge is 0.0354 e. The molecule has 1 heterocycles. The molecule has 0 aromatic carbocycles. The van der Waals surface area contributed by atoms with E-state index >= 15 is 0 Å². The van der Waals surface area contributed by atoms with Gasteiger partial charge >= 0.3 is 0 Å². The van der Waals surface area contributed by atoms with Crippen LogP contribution in [0.1, 0.15) is 39.5 Å². The highest BCUT2D eigenvalue weighted by Gasteiger charge is 2.28. The van der Waals surface area contributed by atoms with E-state index in [1.54, 1.807) is 0 Å². The van der Waals surface area contributed by atoms with Crippen LogP contribution in [0.3, 0.4) is 0 Å². The summed E-state index contributed by atoms with van der Waals surface area (Å²) in [6, 6.07) is 0.521. The third-order valence-electron chi connectivity index (χ3n) is 2.91. The largest absolute Gasteiger partial charge is 0.271 e. The first-order valence-corrected chi connectivity index (χ1v) is 6.42. The number of hydrogen-bond acceptors (Lipinski definition) is 3. The molecule has 3 unspecified atom stereocenters. The van der Waals surface area contributed by atoms with Crippen LogP contribution < -0.4 is 11.3 Å². The second kappa shape index (κ2) is 5.89. The molecule has 13 heavy (non-hydrogen) atoms. The molecule has 0 saturated carbocycles. The molecule has 3 N–H and O–H groups in total. The Bertz CT molecular complexity index is 135. The van der Waals surface area contributed by atoms with Crippen LogP contribution in [-0.2, 0) is 0 Å². The highest BCUT2D eigenvalue weighted by molar-refractivity contribution is 8.00. The van der Waals surface area contributed by atoms with Crippen molar-refractivity contribution in [3.63, 3.8) is 0 Å². The van der Waals surface area contributed by atoms with Crippen molar-refractivity contribution < 1.29 is 0 Å². The quantitative estimate of drug-likeness (QED) is 0.530.